The van der Waals surface area contributed by atoms with Crippen LogP contribution in [0, 0.1) is 19.7 Å². The number of aromatic nitrogens is 1. The molecule has 0 spiro atoms. The smallest absolute Gasteiger partial charge is 0.240 e. The van der Waals surface area contributed by atoms with Gasteiger partial charge in [-0.05, 0) is 31.0 Å². The lowest BCUT2D eigenvalue weighted by Crippen LogP contribution is -2.11. The Labute approximate surface area is 105 Å². The van der Waals surface area contributed by atoms with Crippen LogP contribution in [0.2, 0.25) is 5.02 Å². The number of pyridine rings is 1. The molecule has 0 unspecified atom stereocenters. The van der Waals surface area contributed by atoms with Crippen LogP contribution in [0.15, 0.2) is 12.1 Å². The van der Waals surface area contributed by atoms with Gasteiger partial charge < -0.3 is 0 Å². The Balaban J connectivity index is 2.97. The number of fused-ring (bicyclic) bond motifs is 1. The van der Waals surface area contributed by atoms with Gasteiger partial charge in [-0.2, -0.15) is 13.2 Å². The molecule has 1 aromatic carbocycles. The van der Waals surface area contributed by atoms with Gasteiger partial charge in [0.25, 0.3) is 0 Å². The van der Waals surface area contributed by atoms with Crippen molar-refractivity contribution >= 4 is 22.5 Å². The molecule has 1 heterocycles. The Hall–Kier alpha value is -1.36. The van der Waals surface area contributed by atoms with Crippen LogP contribution in [-0.2, 0) is 6.18 Å². The predicted molar refractivity (Wildman–Crippen MR) is 61.2 cm³/mol. The summed E-state index contributed by atoms with van der Waals surface area (Å²) in [5.74, 6) is -0.817. The lowest BCUT2D eigenvalue weighted by atomic mass is 10.1. The Morgan fingerprint density at radius 2 is 1.78 bits per heavy atom. The number of benzene rings is 1. The van der Waals surface area contributed by atoms with Crippen LogP contribution in [-0.4, -0.2) is 4.98 Å². The first-order chi connectivity index (χ1) is 8.23. The van der Waals surface area contributed by atoms with Gasteiger partial charge in [-0.15, -0.1) is 0 Å². The van der Waals surface area contributed by atoms with E-state index in [0.29, 0.717) is 5.56 Å². The molecule has 0 aliphatic rings. The van der Waals surface area contributed by atoms with E-state index in [1.54, 1.807) is 6.92 Å². The maximum absolute atomic E-state index is 13.6. The van der Waals surface area contributed by atoms with E-state index < -0.39 is 17.7 Å². The second kappa shape index (κ2) is 4.09. The highest BCUT2D eigenvalue weighted by Gasteiger charge is 2.36. The van der Waals surface area contributed by atoms with Crippen LogP contribution in [0.25, 0.3) is 10.9 Å². The molecule has 0 aliphatic carbocycles. The largest absolute Gasteiger partial charge is 0.433 e. The zero-order chi connectivity index (χ0) is 13.7. The summed E-state index contributed by atoms with van der Waals surface area (Å²) in [4.78, 5) is 3.38. The lowest BCUT2D eigenvalue weighted by Gasteiger charge is -2.14. The fourth-order valence-corrected chi connectivity index (χ4v) is 2.14. The van der Waals surface area contributed by atoms with E-state index in [2.05, 4.69) is 4.98 Å². The first kappa shape index (κ1) is 13.1. The Kier molecular flexibility index (Phi) is 2.97. The molecule has 96 valence electrons. The molecule has 18 heavy (non-hydrogen) atoms. The predicted octanol–water partition coefficient (Wildman–Crippen LogP) is 4.66. The summed E-state index contributed by atoms with van der Waals surface area (Å²) in [7, 11) is 0. The van der Waals surface area contributed by atoms with Crippen LogP contribution in [0.4, 0.5) is 17.6 Å². The minimum Gasteiger partial charge on any atom is -0.240 e. The second-order valence-electron chi connectivity index (χ2n) is 3.99. The van der Waals surface area contributed by atoms with E-state index in [1.807, 2.05) is 0 Å². The first-order valence-corrected chi connectivity index (χ1v) is 5.43. The maximum Gasteiger partial charge on any atom is 0.433 e. The van der Waals surface area contributed by atoms with Crippen LogP contribution >= 0.6 is 11.6 Å². The second-order valence-corrected chi connectivity index (χ2v) is 4.36. The highest BCUT2D eigenvalue weighted by Crippen LogP contribution is 2.38. The molecular formula is C12H8ClF4N. The summed E-state index contributed by atoms with van der Waals surface area (Å²) >= 11 is 5.91. The van der Waals surface area contributed by atoms with Crippen molar-refractivity contribution in [1.82, 2.24) is 4.98 Å². The van der Waals surface area contributed by atoms with Gasteiger partial charge in [-0.1, -0.05) is 17.7 Å². The van der Waals surface area contributed by atoms with Crippen molar-refractivity contribution in [2.45, 2.75) is 20.0 Å². The fourth-order valence-electron chi connectivity index (χ4n) is 1.82. The highest BCUT2D eigenvalue weighted by molar-refractivity contribution is 6.36. The first-order valence-electron chi connectivity index (χ1n) is 5.05. The third kappa shape index (κ3) is 1.92. The van der Waals surface area contributed by atoms with Gasteiger partial charge in [0.05, 0.1) is 5.02 Å². The van der Waals surface area contributed by atoms with Crippen molar-refractivity contribution in [3.63, 3.8) is 0 Å². The summed E-state index contributed by atoms with van der Waals surface area (Å²) < 4.78 is 51.8. The zero-order valence-electron chi connectivity index (χ0n) is 9.49. The lowest BCUT2D eigenvalue weighted by molar-refractivity contribution is -0.141. The molecule has 6 heteroatoms. The van der Waals surface area contributed by atoms with Crippen molar-refractivity contribution in [3.05, 3.63) is 39.8 Å². The number of aryl methyl sites for hydroxylation is 1. The van der Waals surface area contributed by atoms with Gasteiger partial charge in [0.1, 0.15) is 17.0 Å². The maximum atomic E-state index is 13.6. The molecule has 0 N–H and O–H groups in total. The summed E-state index contributed by atoms with van der Waals surface area (Å²) in [5.41, 5.74) is -1.10. The Morgan fingerprint density at radius 3 is 2.33 bits per heavy atom. The molecule has 0 atom stereocenters. The van der Waals surface area contributed by atoms with E-state index in [1.165, 1.54) is 13.0 Å². The molecule has 0 fully saturated rings. The normalized spacial score (nSPS) is 12.2. The van der Waals surface area contributed by atoms with Crippen LogP contribution < -0.4 is 0 Å². The average Bonchev–Trinajstić information content (AvgIpc) is 2.26. The number of hydrogen-bond acceptors (Lipinski definition) is 1. The van der Waals surface area contributed by atoms with Gasteiger partial charge >= 0.3 is 6.18 Å². The van der Waals surface area contributed by atoms with Crippen LogP contribution in [0.5, 0.6) is 0 Å². The minimum atomic E-state index is -4.65. The molecule has 2 aromatic rings. The molecule has 0 radical (unpaired) electrons. The van der Waals surface area contributed by atoms with Crippen molar-refractivity contribution in [3.8, 4) is 0 Å². The van der Waals surface area contributed by atoms with Crippen molar-refractivity contribution < 1.29 is 17.6 Å². The molecule has 0 saturated carbocycles. The van der Waals surface area contributed by atoms with E-state index >= 15 is 0 Å². The Bertz CT molecular complexity index is 634. The molecule has 0 saturated heterocycles. The molecule has 2 rings (SSSR count). The quantitative estimate of drug-likeness (QED) is 0.638. The van der Waals surface area contributed by atoms with Crippen molar-refractivity contribution in [2.24, 2.45) is 0 Å². The van der Waals surface area contributed by atoms with E-state index in [-0.39, 0.29) is 21.5 Å². The summed E-state index contributed by atoms with van der Waals surface area (Å²) in [6.07, 6.45) is -4.65. The minimum absolute atomic E-state index is 0.107. The SMILES string of the molecule is Cc1c(C(F)(F)F)nc2c(F)ccc(C)c2c1Cl. The number of halogens is 5. The summed E-state index contributed by atoms with van der Waals surface area (Å²) in [6, 6.07) is 2.54. The standard InChI is InChI=1S/C12H8ClF4N/c1-5-3-4-7(14)10-8(5)9(13)6(2)11(18-10)12(15,16)17/h3-4H,1-2H3. The van der Waals surface area contributed by atoms with Crippen molar-refractivity contribution in [1.29, 1.82) is 0 Å². The van der Waals surface area contributed by atoms with Gasteiger partial charge in [0, 0.05) is 5.39 Å². The molecule has 0 bridgehead atoms. The van der Waals surface area contributed by atoms with Gasteiger partial charge in [-0.25, -0.2) is 9.37 Å². The molecule has 1 nitrogen and oxygen atoms in total. The number of rotatable bonds is 0. The molecular weight excluding hydrogens is 270 g/mol. The van der Waals surface area contributed by atoms with Gasteiger partial charge in [0.2, 0.25) is 0 Å². The zero-order valence-corrected chi connectivity index (χ0v) is 10.2. The summed E-state index contributed by atoms with van der Waals surface area (Å²) in [6.45, 7) is 2.87. The molecule has 0 amide bonds. The number of hydrogen-bond donors (Lipinski definition) is 0. The van der Waals surface area contributed by atoms with Crippen LogP contribution in [0.1, 0.15) is 16.8 Å². The third-order valence-electron chi connectivity index (χ3n) is 2.73. The van der Waals surface area contributed by atoms with Gasteiger partial charge in [-0.3, -0.25) is 0 Å². The summed E-state index contributed by atoms with van der Waals surface area (Å²) in [5, 5.41) is 0.117. The number of alkyl halides is 3. The highest BCUT2D eigenvalue weighted by atomic mass is 35.5. The topological polar surface area (TPSA) is 12.9 Å². The fraction of sp³-hybridized carbons (Fsp3) is 0.250. The van der Waals surface area contributed by atoms with E-state index in [0.717, 1.165) is 6.07 Å². The van der Waals surface area contributed by atoms with Crippen molar-refractivity contribution in [2.75, 3.05) is 0 Å². The van der Waals surface area contributed by atoms with E-state index in [9.17, 15) is 17.6 Å². The number of nitrogens with zero attached hydrogens (tertiary/aromatic N) is 1. The van der Waals surface area contributed by atoms with E-state index in [4.69, 9.17) is 11.6 Å². The Morgan fingerprint density at radius 1 is 1.17 bits per heavy atom. The molecule has 1 aromatic heterocycles. The average molecular weight is 278 g/mol. The monoisotopic (exact) mass is 277 g/mol. The third-order valence-corrected chi connectivity index (χ3v) is 3.21. The van der Waals surface area contributed by atoms with Gasteiger partial charge in [0.15, 0.2) is 0 Å². The molecule has 0 aliphatic heterocycles. The van der Waals surface area contributed by atoms with Crippen LogP contribution in [0.3, 0.4) is 0 Å².